The molecule has 1 aromatic rings. The number of carboxylic acid groups (broad SMARTS) is 1. The van der Waals surface area contributed by atoms with Crippen molar-refractivity contribution in [2.75, 3.05) is 17.3 Å². The molecule has 1 unspecified atom stereocenters. The second-order valence-corrected chi connectivity index (χ2v) is 4.87. The number of carbonyl (C=O) groups excluding carboxylic acids is 1. The largest absolute Gasteiger partial charge is 0.478 e. The fraction of sp³-hybridized carbons (Fsp3) is 0.333. The average Bonchev–Trinajstić information content (AvgIpc) is 2.31. The number of benzene rings is 1. The Bertz CT molecular complexity index is 482. The van der Waals surface area contributed by atoms with Gasteiger partial charge in [-0.25, -0.2) is 14.0 Å². The van der Waals surface area contributed by atoms with Gasteiger partial charge in [0.25, 0.3) is 0 Å². The molecule has 1 atom stereocenters. The van der Waals surface area contributed by atoms with E-state index in [0.29, 0.717) is 0 Å². The molecule has 1 aromatic carbocycles. The second kappa shape index (κ2) is 6.98. The fourth-order valence-corrected chi connectivity index (χ4v) is 2.03. The summed E-state index contributed by atoms with van der Waals surface area (Å²) in [5.74, 6) is -1.46. The standard InChI is InChI=1S/C12H15FN2O3S/c1-7(6-19-2)14-12(18)15-8-3-4-10(13)9(5-8)11(16)17/h3-5,7H,6H2,1-2H3,(H,16,17)(H2,14,15,18). The third-order valence-electron chi connectivity index (χ3n) is 2.25. The maximum Gasteiger partial charge on any atom is 0.338 e. The molecule has 19 heavy (non-hydrogen) atoms. The highest BCUT2D eigenvalue weighted by Crippen LogP contribution is 2.14. The van der Waals surface area contributed by atoms with Crippen molar-refractivity contribution in [3.63, 3.8) is 0 Å². The molecule has 0 saturated heterocycles. The van der Waals surface area contributed by atoms with E-state index in [0.717, 1.165) is 17.9 Å². The van der Waals surface area contributed by atoms with E-state index < -0.39 is 23.4 Å². The van der Waals surface area contributed by atoms with Gasteiger partial charge in [0.1, 0.15) is 5.82 Å². The van der Waals surface area contributed by atoms with E-state index in [1.54, 1.807) is 11.8 Å². The Morgan fingerprint density at radius 1 is 1.47 bits per heavy atom. The molecule has 0 fully saturated rings. The van der Waals surface area contributed by atoms with Crippen molar-refractivity contribution >= 4 is 29.4 Å². The van der Waals surface area contributed by atoms with Gasteiger partial charge in [0, 0.05) is 17.5 Å². The number of thioether (sulfide) groups is 1. The molecule has 0 aromatic heterocycles. The Balaban J connectivity index is 2.69. The highest BCUT2D eigenvalue weighted by molar-refractivity contribution is 7.98. The third kappa shape index (κ3) is 4.78. The predicted octanol–water partition coefficient (Wildman–Crippen LogP) is 2.40. The van der Waals surface area contributed by atoms with Gasteiger partial charge in [0.05, 0.1) is 5.56 Å². The normalized spacial score (nSPS) is 11.7. The summed E-state index contributed by atoms with van der Waals surface area (Å²) in [7, 11) is 0. The molecule has 0 spiro atoms. The van der Waals surface area contributed by atoms with Crippen LogP contribution in [0, 0.1) is 5.82 Å². The number of nitrogens with one attached hydrogen (secondary N) is 2. The lowest BCUT2D eigenvalue weighted by atomic mass is 10.2. The van der Waals surface area contributed by atoms with E-state index in [1.165, 1.54) is 6.07 Å². The molecule has 7 heteroatoms. The molecular weight excluding hydrogens is 271 g/mol. The van der Waals surface area contributed by atoms with Crippen LogP contribution in [0.15, 0.2) is 18.2 Å². The highest BCUT2D eigenvalue weighted by atomic mass is 32.2. The van der Waals surface area contributed by atoms with Gasteiger partial charge in [-0.3, -0.25) is 0 Å². The summed E-state index contributed by atoms with van der Waals surface area (Å²) < 4.78 is 13.2. The predicted molar refractivity (Wildman–Crippen MR) is 73.4 cm³/mol. The van der Waals surface area contributed by atoms with Crippen LogP contribution in [0.1, 0.15) is 17.3 Å². The van der Waals surface area contributed by atoms with Crippen LogP contribution < -0.4 is 10.6 Å². The van der Waals surface area contributed by atoms with Gasteiger partial charge in [0.2, 0.25) is 0 Å². The van der Waals surface area contributed by atoms with Crippen LogP contribution in [0.5, 0.6) is 0 Å². The summed E-state index contributed by atoms with van der Waals surface area (Å²) in [4.78, 5) is 22.3. The molecule has 0 bridgehead atoms. The Morgan fingerprint density at radius 2 is 2.16 bits per heavy atom. The topological polar surface area (TPSA) is 78.4 Å². The van der Waals surface area contributed by atoms with E-state index >= 15 is 0 Å². The van der Waals surface area contributed by atoms with E-state index in [-0.39, 0.29) is 11.7 Å². The molecule has 0 aliphatic rings. The molecule has 0 heterocycles. The van der Waals surface area contributed by atoms with Crippen LogP contribution in [0.25, 0.3) is 0 Å². The Morgan fingerprint density at radius 3 is 2.74 bits per heavy atom. The maximum absolute atomic E-state index is 13.2. The van der Waals surface area contributed by atoms with Crippen LogP contribution in [0.2, 0.25) is 0 Å². The van der Waals surface area contributed by atoms with Crippen LogP contribution in [0.4, 0.5) is 14.9 Å². The summed E-state index contributed by atoms with van der Waals surface area (Å²) in [6, 6.07) is 2.92. The van der Waals surface area contributed by atoms with Crippen molar-refractivity contribution < 1.29 is 19.1 Å². The summed E-state index contributed by atoms with van der Waals surface area (Å²) >= 11 is 1.60. The maximum atomic E-state index is 13.2. The first-order valence-corrected chi connectivity index (χ1v) is 6.92. The van der Waals surface area contributed by atoms with Crippen molar-refractivity contribution in [1.82, 2.24) is 5.32 Å². The number of carboxylic acids is 1. The molecule has 2 amide bonds. The van der Waals surface area contributed by atoms with Crippen LogP contribution in [-0.2, 0) is 0 Å². The molecule has 104 valence electrons. The van der Waals surface area contributed by atoms with Crippen LogP contribution in [-0.4, -0.2) is 35.2 Å². The minimum absolute atomic E-state index is 0.0191. The molecule has 0 aliphatic carbocycles. The fourth-order valence-electron chi connectivity index (χ4n) is 1.45. The molecule has 0 radical (unpaired) electrons. The number of hydrogen-bond acceptors (Lipinski definition) is 3. The van der Waals surface area contributed by atoms with Crippen LogP contribution >= 0.6 is 11.8 Å². The number of amides is 2. The number of anilines is 1. The van der Waals surface area contributed by atoms with Crippen molar-refractivity contribution in [2.45, 2.75) is 13.0 Å². The lowest BCUT2D eigenvalue weighted by Crippen LogP contribution is -2.37. The number of aromatic carboxylic acids is 1. The molecule has 0 saturated carbocycles. The zero-order valence-corrected chi connectivity index (χ0v) is 11.4. The monoisotopic (exact) mass is 286 g/mol. The Kier molecular flexibility index (Phi) is 5.62. The lowest BCUT2D eigenvalue weighted by molar-refractivity contribution is 0.0692. The van der Waals surface area contributed by atoms with Gasteiger partial charge in [-0.05, 0) is 31.4 Å². The van der Waals surface area contributed by atoms with Gasteiger partial charge in [-0.15, -0.1) is 0 Å². The van der Waals surface area contributed by atoms with E-state index in [1.807, 2.05) is 13.2 Å². The van der Waals surface area contributed by atoms with Crippen molar-refractivity contribution in [3.05, 3.63) is 29.6 Å². The molecule has 3 N–H and O–H groups in total. The number of carbonyl (C=O) groups is 2. The number of rotatable bonds is 5. The van der Waals surface area contributed by atoms with E-state index in [2.05, 4.69) is 10.6 Å². The number of hydrogen-bond donors (Lipinski definition) is 3. The van der Waals surface area contributed by atoms with Crippen molar-refractivity contribution in [2.24, 2.45) is 0 Å². The molecule has 1 rings (SSSR count). The summed E-state index contributed by atoms with van der Waals surface area (Å²) in [5, 5.41) is 13.9. The Labute approximate surface area is 114 Å². The number of halogens is 1. The smallest absolute Gasteiger partial charge is 0.338 e. The quantitative estimate of drug-likeness (QED) is 0.776. The zero-order chi connectivity index (χ0) is 14.4. The average molecular weight is 286 g/mol. The minimum atomic E-state index is -1.38. The molecular formula is C12H15FN2O3S. The Hall–Kier alpha value is -1.76. The van der Waals surface area contributed by atoms with Crippen LogP contribution in [0.3, 0.4) is 0 Å². The third-order valence-corrected chi connectivity index (χ3v) is 3.08. The lowest BCUT2D eigenvalue weighted by Gasteiger charge is -2.13. The zero-order valence-electron chi connectivity index (χ0n) is 10.6. The summed E-state index contributed by atoms with van der Waals surface area (Å²) in [5.41, 5.74) is -0.248. The highest BCUT2D eigenvalue weighted by Gasteiger charge is 2.12. The van der Waals surface area contributed by atoms with Gasteiger partial charge >= 0.3 is 12.0 Å². The minimum Gasteiger partial charge on any atom is -0.478 e. The SMILES string of the molecule is CSCC(C)NC(=O)Nc1ccc(F)c(C(=O)O)c1. The van der Waals surface area contributed by atoms with Gasteiger partial charge < -0.3 is 15.7 Å². The van der Waals surface area contributed by atoms with Gasteiger partial charge in [-0.1, -0.05) is 0 Å². The first kappa shape index (κ1) is 15.3. The summed E-state index contributed by atoms with van der Waals surface area (Å²) in [6.07, 6.45) is 1.93. The van der Waals surface area contributed by atoms with E-state index in [9.17, 15) is 14.0 Å². The van der Waals surface area contributed by atoms with Crippen molar-refractivity contribution in [1.29, 1.82) is 0 Å². The summed E-state index contributed by atoms with van der Waals surface area (Å²) in [6.45, 7) is 1.85. The van der Waals surface area contributed by atoms with Gasteiger partial charge in [0.15, 0.2) is 0 Å². The van der Waals surface area contributed by atoms with Gasteiger partial charge in [-0.2, -0.15) is 11.8 Å². The van der Waals surface area contributed by atoms with Crippen molar-refractivity contribution in [3.8, 4) is 0 Å². The second-order valence-electron chi connectivity index (χ2n) is 3.95. The first-order valence-electron chi connectivity index (χ1n) is 5.53. The first-order chi connectivity index (χ1) is 8.93. The van der Waals surface area contributed by atoms with E-state index in [4.69, 9.17) is 5.11 Å². The molecule has 0 aliphatic heterocycles. The molecule has 5 nitrogen and oxygen atoms in total. The number of urea groups is 1.